The van der Waals surface area contributed by atoms with Gasteiger partial charge in [0.15, 0.2) is 5.78 Å². The second-order valence-electron chi connectivity index (χ2n) is 13.1. The van der Waals surface area contributed by atoms with Crippen molar-refractivity contribution in [3.05, 3.63) is 46.0 Å². The summed E-state index contributed by atoms with van der Waals surface area (Å²) in [6.45, 7) is 9.50. The first-order chi connectivity index (χ1) is 23.1. The third-order valence-electron chi connectivity index (χ3n) is 9.51. The van der Waals surface area contributed by atoms with Crippen molar-refractivity contribution >= 4 is 50.7 Å². The highest BCUT2D eigenvalue weighted by molar-refractivity contribution is 7.84. The van der Waals surface area contributed by atoms with E-state index in [1.165, 1.54) is 11.8 Å². The number of aromatic nitrogens is 4. The lowest BCUT2D eigenvalue weighted by Gasteiger charge is -2.36. The van der Waals surface area contributed by atoms with E-state index in [4.69, 9.17) is 20.6 Å². The highest BCUT2D eigenvalue weighted by atomic mass is 32.2. The number of nitrogens with two attached hydrogens (primary N) is 2. The number of hydrogen-bond acceptors (Lipinski definition) is 13. The van der Waals surface area contributed by atoms with E-state index in [0.29, 0.717) is 35.5 Å². The van der Waals surface area contributed by atoms with Gasteiger partial charge in [0.1, 0.15) is 11.5 Å². The topological polar surface area (TPSA) is 212 Å². The van der Waals surface area contributed by atoms with Gasteiger partial charge in [0.25, 0.3) is 5.56 Å². The van der Waals surface area contributed by atoms with Crippen LogP contribution in [0.15, 0.2) is 29.3 Å². The summed E-state index contributed by atoms with van der Waals surface area (Å²) < 4.78 is 33.6. The van der Waals surface area contributed by atoms with E-state index in [1.807, 2.05) is 24.8 Å². The number of ketones is 1. The SMILES string of the molecule is CCN(CC(N)(N)C(C)C)C(=O)OS(=O)(=O)N1CCN(c2ccc(Nc3ncc4c(C)c(C(C)=O)c(=O)n(C5CCCC5)c4n3)nc2)CC1. The summed E-state index contributed by atoms with van der Waals surface area (Å²) in [4.78, 5) is 55.4. The number of aryl methyl sites for hydroxylation is 1. The molecule has 3 aromatic heterocycles. The number of rotatable bonds is 11. The van der Waals surface area contributed by atoms with Crippen LogP contribution in [0.3, 0.4) is 0 Å². The molecule has 49 heavy (non-hydrogen) atoms. The molecule has 5 N–H and O–H groups in total. The number of piperazine rings is 1. The predicted octanol–water partition coefficient (Wildman–Crippen LogP) is 2.65. The summed E-state index contributed by atoms with van der Waals surface area (Å²) in [5, 5.41) is 3.77. The Balaban J connectivity index is 1.24. The van der Waals surface area contributed by atoms with Crippen molar-refractivity contribution in [1.82, 2.24) is 28.7 Å². The Morgan fingerprint density at radius 3 is 2.35 bits per heavy atom. The van der Waals surface area contributed by atoms with Crippen molar-refractivity contribution in [3.63, 3.8) is 0 Å². The average molecular weight is 699 g/mol. The van der Waals surface area contributed by atoms with Crippen LogP contribution in [0.1, 0.15) is 75.3 Å². The fourth-order valence-electron chi connectivity index (χ4n) is 6.25. The number of carbonyl (C=O) groups is 2. The Bertz CT molecular complexity index is 1870. The van der Waals surface area contributed by atoms with Crippen LogP contribution in [-0.4, -0.2) is 93.9 Å². The first-order valence-corrected chi connectivity index (χ1v) is 18.0. The van der Waals surface area contributed by atoms with Crippen molar-refractivity contribution < 1.29 is 22.2 Å². The molecule has 266 valence electrons. The molecule has 0 unspecified atom stereocenters. The van der Waals surface area contributed by atoms with Crippen LogP contribution in [0, 0.1) is 12.8 Å². The molecule has 0 atom stereocenters. The number of nitrogens with zero attached hydrogens (tertiary/aromatic N) is 7. The van der Waals surface area contributed by atoms with Gasteiger partial charge in [-0.15, -0.1) is 0 Å². The first-order valence-electron chi connectivity index (χ1n) is 16.6. The zero-order valence-corrected chi connectivity index (χ0v) is 29.5. The number of fused-ring (bicyclic) bond motifs is 1. The van der Waals surface area contributed by atoms with E-state index >= 15 is 0 Å². The summed E-state index contributed by atoms with van der Waals surface area (Å²) in [7, 11) is -4.34. The van der Waals surface area contributed by atoms with Crippen molar-refractivity contribution in [2.75, 3.05) is 49.5 Å². The van der Waals surface area contributed by atoms with Gasteiger partial charge in [-0.1, -0.05) is 26.7 Å². The average Bonchev–Trinajstić information content (AvgIpc) is 3.58. The largest absolute Gasteiger partial charge is 0.426 e. The summed E-state index contributed by atoms with van der Waals surface area (Å²) in [5.74, 6) is 0.303. The fourth-order valence-corrected chi connectivity index (χ4v) is 7.26. The summed E-state index contributed by atoms with van der Waals surface area (Å²) in [6.07, 6.45) is 5.97. The summed E-state index contributed by atoms with van der Waals surface area (Å²) >= 11 is 0. The van der Waals surface area contributed by atoms with Crippen molar-refractivity contribution in [2.24, 2.45) is 17.4 Å². The molecule has 1 aliphatic carbocycles. The molecule has 17 heteroatoms. The van der Waals surface area contributed by atoms with Crippen LogP contribution in [0.25, 0.3) is 11.0 Å². The standard InChI is InChI=1S/C32H46N10O6S/c1-6-39(19-32(33,34)20(2)3)31(45)48-49(46,47)41-15-13-40(14-16-41)24-11-12-26(35-17-24)37-30-36-18-25-21(4)27(22(5)43)29(44)42(28(25)38-30)23-9-7-8-10-23/h11-12,17-18,20,23H,6-10,13-16,19,33-34H2,1-5H3,(H,35,36,37,38). The Kier molecular flexibility index (Phi) is 10.6. The van der Waals surface area contributed by atoms with Crippen molar-refractivity contribution in [3.8, 4) is 0 Å². The maximum atomic E-state index is 13.5. The molecule has 0 bridgehead atoms. The number of hydrogen-bond donors (Lipinski definition) is 3. The normalized spacial score (nSPS) is 16.4. The second kappa shape index (κ2) is 14.3. The number of pyridine rings is 2. The van der Waals surface area contributed by atoms with E-state index < -0.39 is 22.1 Å². The first kappa shape index (κ1) is 36.1. The maximum Gasteiger partial charge on any atom is 0.426 e. The minimum Gasteiger partial charge on any atom is -0.368 e. The number of likely N-dealkylation sites (N-methyl/N-ethyl adjacent to an activating group) is 1. The number of Topliss-reactive ketones (excluding diaryl/α,β-unsaturated/α-hetero) is 1. The van der Waals surface area contributed by atoms with E-state index in [1.54, 1.807) is 36.9 Å². The Hall–Kier alpha value is -4.19. The molecule has 0 radical (unpaired) electrons. The number of anilines is 3. The molecule has 1 saturated carbocycles. The second-order valence-corrected chi connectivity index (χ2v) is 14.6. The van der Waals surface area contributed by atoms with Gasteiger partial charge in [0.2, 0.25) is 5.95 Å². The van der Waals surface area contributed by atoms with Gasteiger partial charge in [-0.05, 0) is 57.2 Å². The molecule has 1 amide bonds. The molecule has 2 aliphatic rings. The fraction of sp³-hybridized carbons (Fsp3) is 0.562. The van der Waals surface area contributed by atoms with Gasteiger partial charge in [-0.3, -0.25) is 14.2 Å². The quantitative estimate of drug-likeness (QED) is 0.194. The van der Waals surface area contributed by atoms with E-state index in [2.05, 4.69) is 15.3 Å². The van der Waals surface area contributed by atoms with E-state index in [9.17, 15) is 22.8 Å². The zero-order valence-electron chi connectivity index (χ0n) is 28.7. The minimum atomic E-state index is -4.34. The molecular formula is C32H46N10O6S. The van der Waals surface area contributed by atoms with Gasteiger partial charge in [0, 0.05) is 50.3 Å². The van der Waals surface area contributed by atoms with Gasteiger partial charge in [0.05, 0.1) is 29.7 Å². The smallest absolute Gasteiger partial charge is 0.368 e. The molecule has 2 fully saturated rings. The van der Waals surface area contributed by atoms with E-state index in [0.717, 1.165) is 35.7 Å². The Labute approximate surface area is 286 Å². The van der Waals surface area contributed by atoms with E-state index in [-0.39, 0.29) is 61.0 Å². The molecule has 1 saturated heterocycles. The molecular weight excluding hydrogens is 652 g/mol. The lowest BCUT2D eigenvalue weighted by atomic mass is 9.97. The van der Waals surface area contributed by atoms with Crippen LogP contribution in [0.5, 0.6) is 0 Å². The number of carbonyl (C=O) groups excluding carboxylic acids is 2. The Morgan fingerprint density at radius 2 is 1.78 bits per heavy atom. The summed E-state index contributed by atoms with van der Waals surface area (Å²) in [5.41, 5.74) is 12.7. The van der Waals surface area contributed by atoms with Gasteiger partial charge >= 0.3 is 16.4 Å². The molecule has 5 rings (SSSR count). The lowest BCUT2D eigenvalue weighted by Crippen LogP contribution is -2.62. The third-order valence-corrected chi connectivity index (χ3v) is 10.9. The minimum absolute atomic E-state index is 0.0327. The highest BCUT2D eigenvalue weighted by Crippen LogP contribution is 2.32. The highest BCUT2D eigenvalue weighted by Gasteiger charge is 2.35. The van der Waals surface area contributed by atoms with Gasteiger partial charge in [-0.2, -0.15) is 17.7 Å². The van der Waals surface area contributed by atoms with Crippen LogP contribution in [-0.2, 0) is 14.5 Å². The number of amides is 1. The van der Waals surface area contributed by atoms with Crippen LogP contribution >= 0.6 is 0 Å². The lowest BCUT2D eigenvalue weighted by molar-refractivity contribution is 0.101. The predicted molar refractivity (Wildman–Crippen MR) is 186 cm³/mol. The summed E-state index contributed by atoms with van der Waals surface area (Å²) in [6, 6.07) is 3.57. The maximum absolute atomic E-state index is 13.5. The number of nitrogens with one attached hydrogen (secondary N) is 1. The molecule has 3 aromatic rings. The molecule has 0 spiro atoms. The van der Waals surface area contributed by atoms with Crippen LogP contribution in [0.4, 0.5) is 22.2 Å². The van der Waals surface area contributed by atoms with Gasteiger partial charge < -0.3 is 30.8 Å². The molecule has 0 aromatic carbocycles. The van der Waals surface area contributed by atoms with Crippen molar-refractivity contribution in [1.29, 1.82) is 0 Å². The van der Waals surface area contributed by atoms with Crippen molar-refractivity contribution in [2.45, 2.75) is 72.0 Å². The third kappa shape index (κ3) is 7.69. The monoisotopic (exact) mass is 698 g/mol. The molecule has 4 heterocycles. The van der Waals surface area contributed by atoms with Crippen LogP contribution in [0.2, 0.25) is 0 Å². The molecule has 1 aliphatic heterocycles. The zero-order chi connectivity index (χ0) is 35.7. The van der Waals surface area contributed by atoms with Crippen LogP contribution < -0.4 is 27.2 Å². The Morgan fingerprint density at radius 1 is 1.10 bits per heavy atom. The molecule has 16 nitrogen and oxygen atoms in total. The van der Waals surface area contributed by atoms with Gasteiger partial charge in [-0.25, -0.2) is 14.8 Å².